The van der Waals surface area contributed by atoms with Gasteiger partial charge in [0.15, 0.2) is 0 Å². The van der Waals surface area contributed by atoms with E-state index in [4.69, 9.17) is 0 Å². The molecule has 0 N–H and O–H groups in total. The molecule has 24 heavy (non-hydrogen) atoms. The lowest BCUT2D eigenvalue weighted by Crippen LogP contribution is -2.34. The maximum Gasteiger partial charge on any atom is 0.324 e. The Hall–Kier alpha value is -2.25. The lowest BCUT2D eigenvalue weighted by Gasteiger charge is -2.21. The fraction of sp³-hybridized carbons (Fsp3) is 0.353. The fourth-order valence-electron chi connectivity index (χ4n) is 2.87. The predicted octanol–water partition coefficient (Wildman–Crippen LogP) is 3.00. The van der Waals surface area contributed by atoms with Gasteiger partial charge in [0.1, 0.15) is 0 Å². The Bertz CT molecular complexity index is 717. The molecule has 2 heterocycles. The van der Waals surface area contributed by atoms with E-state index in [1.807, 2.05) is 18.2 Å². The van der Waals surface area contributed by atoms with Crippen molar-refractivity contribution in [2.24, 2.45) is 0 Å². The van der Waals surface area contributed by atoms with Crippen molar-refractivity contribution in [3.8, 4) is 0 Å². The van der Waals surface area contributed by atoms with Crippen LogP contribution in [0.5, 0.6) is 0 Å². The molecular formula is C17H19N3O3S. The third-order valence-electron chi connectivity index (χ3n) is 4.11. The molecule has 0 radical (unpaired) electrons. The molecule has 1 saturated heterocycles. The first-order valence-corrected chi connectivity index (χ1v) is 8.75. The highest BCUT2D eigenvalue weighted by Gasteiger charge is 2.23. The van der Waals surface area contributed by atoms with Crippen molar-refractivity contribution in [1.82, 2.24) is 9.80 Å². The summed E-state index contributed by atoms with van der Waals surface area (Å²) in [6.45, 7) is 3.98. The maximum absolute atomic E-state index is 12.5. The van der Waals surface area contributed by atoms with Gasteiger partial charge in [0.05, 0.1) is 9.80 Å². The van der Waals surface area contributed by atoms with Gasteiger partial charge in [-0.1, -0.05) is 41.7 Å². The zero-order valence-electron chi connectivity index (χ0n) is 13.3. The van der Waals surface area contributed by atoms with E-state index in [2.05, 4.69) is 17.0 Å². The van der Waals surface area contributed by atoms with Gasteiger partial charge in [-0.2, -0.15) is 0 Å². The highest BCUT2D eigenvalue weighted by molar-refractivity contribution is 7.17. The Labute approximate surface area is 144 Å². The average Bonchev–Trinajstić information content (AvgIpc) is 2.97. The zero-order chi connectivity index (χ0) is 16.9. The van der Waals surface area contributed by atoms with E-state index in [1.54, 1.807) is 11.0 Å². The summed E-state index contributed by atoms with van der Waals surface area (Å²) in [7, 11) is 0. The van der Waals surface area contributed by atoms with Crippen molar-refractivity contribution >= 4 is 22.2 Å². The summed E-state index contributed by atoms with van der Waals surface area (Å²) >= 11 is 0.949. The number of nitrogens with zero attached hydrogens (tertiary/aromatic N) is 3. The number of thiophene rings is 1. The third kappa shape index (κ3) is 3.98. The standard InChI is InChI=1S/C17H19N3O3S/c21-17(15-7-8-16(24-15)20(22)23)19-10-4-9-18(11-12-19)13-14-5-2-1-3-6-14/h1-3,5-8H,4,9-13H2. The molecule has 1 fully saturated rings. The topological polar surface area (TPSA) is 66.7 Å². The molecule has 1 aliphatic heterocycles. The van der Waals surface area contributed by atoms with Crippen LogP contribution >= 0.6 is 11.3 Å². The molecule has 126 valence electrons. The van der Waals surface area contributed by atoms with Crippen LogP contribution in [0.2, 0.25) is 0 Å². The quantitative estimate of drug-likeness (QED) is 0.631. The molecule has 7 heteroatoms. The second-order valence-corrected chi connectivity index (χ2v) is 6.86. The van der Waals surface area contributed by atoms with Gasteiger partial charge in [-0.3, -0.25) is 19.8 Å². The Balaban J connectivity index is 1.60. The molecule has 6 nitrogen and oxygen atoms in total. The van der Waals surface area contributed by atoms with Crippen molar-refractivity contribution < 1.29 is 9.72 Å². The molecule has 1 aromatic heterocycles. The van der Waals surface area contributed by atoms with Crippen LogP contribution in [0.4, 0.5) is 5.00 Å². The van der Waals surface area contributed by atoms with Gasteiger partial charge in [0, 0.05) is 38.8 Å². The highest BCUT2D eigenvalue weighted by atomic mass is 32.1. The van der Waals surface area contributed by atoms with E-state index in [0.29, 0.717) is 18.0 Å². The van der Waals surface area contributed by atoms with Gasteiger partial charge < -0.3 is 4.90 Å². The second kappa shape index (κ2) is 7.55. The fourth-order valence-corrected chi connectivity index (χ4v) is 3.66. The smallest absolute Gasteiger partial charge is 0.324 e. The average molecular weight is 345 g/mol. The third-order valence-corrected chi connectivity index (χ3v) is 5.13. The summed E-state index contributed by atoms with van der Waals surface area (Å²) in [5.41, 5.74) is 1.27. The van der Waals surface area contributed by atoms with Crippen LogP contribution in [-0.2, 0) is 6.54 Å². The zero-order valence-corrected chi connectivity index (χ0v) is 14.1. The van der Waals surface area contributed by atoms with Crippen molar-refractivity contribution in [3.05, 3.63) is 63.0 Å². The Morgan fingerprint density at radius 2 is 1.88 bits per heavy atom. The molecule has 0 atom stereocenters. The lowest BCUT2D eigenvalue weighted by atomic mass is 10.2. The van der Waals surface area contributed by atoms with E-state index in [-0.39, 0.29) is 10.9 Å². The Morgan fingerprint density at radius 3 is 2.58 bits per heavy atom. The molecule has 1 aliphatic rings. The normalized spacial score (nSPS) is 15.9. The van der Waals surface area contributed by atoms with E-state index < -0.39 is 4.92 Å². The van der Waals surface area contributed by atoms with Crippen LogP contribution in [0.1, 0.15) is 21.7 Å². The number of carbonyl (C=O) groups excluding carboxylic acids is 1. The van der Waals surface area contributed by atoms with E-state index in [0.717, 1.165) is 37.4 Å². The van der Waals surface area contributed by atoms with Crippen LogP contribution in [0.3, 0.4) is 0 Å². The van der Waals surface area contributed by atoms with Gasteiger partial charge in [0.25, 0.3) is 5.91 Å². The monoisotopic (exact) mass is 345 g/mol. The molecule has 0 unspecified atom stereocenters. The van der Waals surface area contributed by atoms with Gasteiger partial charge in [-0.15, -0.1) is 0 Å². The minimum atomic E-state index is -0.453. The largest absolute Gasteiger partial charge is 0.337 e. The number of benzene rings is 1. The van der Waals surface area contributed by atoms with Crippen LogP contribution in [-0.4, -0.2) is 46.8 Å². The highest BCUT2D eigenvalue weighted by Crippen LogP contribution is 2.25. The molecular weight excluding hydrogens is 326 g/mol. The number of amides is 1. The molecule has 0 bridgehead atoms. The number of nitro groups is 1. The maximum atomic E-state index is 12.5. The summed E-state index contributed by atoms with van der Waals surface area (Å²) in [5.74, 6) is -0.102. The van der Waals surface area contributed by atoms with Gasteiger partial charge in [-0.05, 0) is 18.1 Å². The summed E-state index contributed by atoms with van der Waals surface area (Å²) in [5, 5.41) is 10.8. The van der Waals surface area contributed by atoms with E-state index in [9.17, 15) is 14.9 Å². The first-order chi connectivity index (χ1) is 11.6. The summed E-state index contributed by atoms with van der Waals surface area (Å²) in [6.07, 6.45) is 0.909. The summed E-state index contributed by atoms with van der Waals surface area (Å²) in [4.78, 5) is 27.5. The summed E-state index contributed by atoms with van der Waals surface area (Å²) < 4.78 is 0. The van der Waals surface area contributed by atoms with Crippen LogP contribution < -0.4 is 0 Å². The molecule has 2 aromatic rings. The van der Waals surface area contributed by atoms with Gasteiger partial charge >= 0.3 is 5.00 Å². The van der Waals surface area contributed by atoms with Crippen LogP contribution in [0, 0.1) is 10.1 Å². The minimum absolute atomic E-state index is 0.0128. The Morgan fingerprint density at radius 1 is 1.08 bits per heavy atom. The molecule has 0 aliphatic carbocycles. The van der Waals surface area contributed by atoms with Crippen molar-refractivity contribution in [2.45, 2.75) is 13.0 Å². The number of hydrogen-bond acceptors (Lipinski definition) is 5. The molecule has 1 amide bonds. The molecule has 0 spiro atoms. The lowest BCUT2D eigenvalue weighted by molar-refractivity contribution is -0.380. The van der Waals surface area contributed by atoms with Crippen molar-refractivity contribution in [1.29, 1.82) is 0 Å². The number of carbonyl (C=O) groups is 1. The van der Waals surface area contributed by atoms with Gasteiger partial charge in [0.2, 0.25) is 0 Å². The molecule has 3 rings (SSSR count). The number of hydrogen-bond donors (Lipinski definition) is 0. The van der Waals surface area contributed by atoms with Crippen LogP contribution in [0.25, 0.3) is 0 Å². The SMILES string of the molecule is O=C(c1ccc([N+](=O)[O-])s1)N1CCCN(Cc2ccccc2)CC1. The van der Waals surface area contributed by atoms with E-state index in [1.165, 1.54) is 11.6 Å². The number of rotatable bonds is 4. The molecule has 0 saturated carbocycles. The molecule has 1 aromatic carbocycles. The van der Waals surface area contributed by atoms with Crippen molar-refractivity contribution in [3.63, 3.8) is 0 Å². The first kappa shape index (κ1) is 16.6. The van der Waals surface area contributed by atoms with Crippen molar-refractivity contribution in [2.75, 3.05) is 26.2 Å². The van der Waals surface area contributed by atoms with Crippen LogP contribution in [0.15, 0.2) is 42.5 Å². The summed E-state index contributed by atoms with van der Waals surface area (Å²) in [6, 6.07) is 13.2. The second-order valence-electron chi connectivity index (χ2n) is 5.80. The first-order valence-electron chi connectivity index (χ1n) is 7.93. The minimum Gasteiger partial charge on any atom is -0.337 e. The predicted molar refractivity (Wildman–Crippen MR) is 93.2 cm³/mol. The Kier molecular flexibility index (Phi) is 5.22. The van der Waals surface area contributed by atoms with E-state index >= 15 is 0 Å². The van der Waals surface area contributed by atoms with Gasteiger partial charge in [-0.25, -0.2) is 0 Å².